The Bertz CT molecular complexity index is 237. The van der Waals surface area contributed by atoms with Crippen LogP contribution in [0, 0.1) is 5.92 Å². The molecule has 1 unspecified atom stereocenters. The van der Waals surface area contributed by atoms with Gasteiger partial charge in [-0.1, -0.05) is 25.7 Å². The molecule has 1 rings (SSSR count). The lowest BCUT2D eigenvalue weighted by atomic mass is 9.99. The third-order valence-electron chi connectivity index (χ3n) is 3.59. The Labute approximate surface area is 104 Å². The third-order valence-corrected chi connectivity index (χ3v) is 3.59. The number of carbonyl (C=O) groups is 1. The topological polar surface area (TPSA) is 60.8 Å². The van der Waals surface area contributed by atoms with Gasteiger partial charge in [0.15, 0.2) is 0 Å². The number of aliphatic hydroxyl groups is 1. The molecule has 1 aliphatic rings. The average molecular weight is 243 g/mol. The minimum absolute atomic E-state index is 0.0133. The zero-order valence-corrected chi connectivity index (χ0v) is 10.9. The molecule has 2 N–H and O–H groups in total. The summed E-state index contributed by atoms with van der Waals surface area (Å²) in [5.41, 5.74) is 0. The summed E-state index contributed by atoms with van der Waals surface area (Å²) in [5.74, 6) is -0.185. The molecule has 100 valence electrons. The number of rotatable bonds is 7. The van der Waals surface area contributed by atoms with Crippen LogP contribution in [0.15, 0.2) is 0 Å². The Balaban J connectivity index is 2.34. The summed E-state index contributed by atoms with van der Waals surface area (Å²) in [6.45, 7) is 4.41. The van der Waals surface area contributed by atoms with Gasteiger partial charge in [-0.15, -0.1) is 0 Å². The van der Waals surface area contributed by atoms with Gasteiger partial charge >= 0.3 is 5.97 Å². The molecule has 4 heteroatoms. The van der Waals surface area contributed by atoms with Crippen LogP contribution in [0.3, 0.4) is 0 Å². The first-order chi connectivity index (χ1) is 7.99. The first-order valence-corrected chi connectivity index (χ1v) is 6.63. The molecule has 1 atom stereocenters. The van der Waals surface area contributed by atoms with Gasteiger partial charge in [0.25, 0.3) is 0 Å². The van der Waals surface area contributed by atoms with E-state index in [0.717, 1.165) is 6.42 Å². The second-order valence-corrected chi connectivity index (χ2v) is 5.46. The van der Waals surface area contributed by atoms with Crippen molar-refractivity contribution in [3.05, 3.63) is 0 Å². The van der Waals surface area contributed by atoms with Crippen molar-refractivity contribution in [1.82, 2.24) is 4.90 Å². The summed E-state index contributed by atoms with van der Waals surface area (Å²) < 4.78 is 0. The standard InChI is InChI=1S/C13H25NO3/c1-10(2)14(9-13(16)17)8-12(15)7-11-5-3-4-6-11/h10-12,15H,3-9H2,1-2H3,(H,16,17). The molecule has 0 heterocycles. The van der Waals surface area contributed by atoms with Crippen molar-refractivity contribution in [1.29, 1.82) is 0 Å². The van der Waals surface area contributed by atoms with Crippen molar-refractivity contribution in [2.75, 3.05) is 13.1 Å². The highest BCUT2D eigenvalue weighted by molar-refractivity contribution is 5.69. The first kappa shape index (κ1) is 14.5. The first-order valence-electron chi connectivity index (χ1n) is 6.63. The van der Waals surface area contributed by atoms with E-state index in [0.29, 0.717) is 12.5 Å². The molecule has 0 aliphatic heterocycles. The molecule has 17 heavy (non-hydrogen) atoms. The number of hydrogen-bond donors (Lipinski definition) is 2. The van der Waals surface area contributed by atoms with E-state index < -0.39 is 5.97 Å². The van der Waals surface area contributed by atoms with Crippen LogP contribution < -0.4 is 0 Å². The fourth-order valence-electron chi connectivity index (χ4n) is 2.61. The number of aliphatic carboxylic acids is 1. The van der Waals surface area contributed by atoms with E-state index in [9.17, 15) is 9.90 Å². The summed E-state index contributed by atoms with van der Waals surface area (Å²) in [4.78, 5) is 12.5. The molecule has 0 radical (unpaired) electrons. The minimum atomic E-state index is -0.827. The van der Waals surface area contributed by atoms with Crippen LogP contribution in [-0.2, 0) is 4.79 Å². The molecule has 0 saturated heterocycles. The van der Waals surface area contributed by atoms with Crippen LogP contribution in [0.4, 0.5) is 0 Å². The smallest absolute Gasteiger partial charge is 0.317 e. The molecule has 1 saturated carbocycles. The van der Waals surface area contributed by atoms with Crippen LogP contribution in [0.5, 0.6) is 0 Å². The molecular formula is C13H25NO3. The SMILES string of the molecule is CC(C)N(CC(=O)O)CC(O)CC1CCCC1. The normalized spacial score (nSPS) is 19.1. The Morgan fingerprint density at radius 2 is 1.94 bits per heavy atom. The number of hydrogen-bond acceptors (Lipinski definition) is 3. The molecule has 0 amide bonds. The Kier molecular flexibility index (Phi) is 5.92. The van der Waals surface area contributed by atoms with Crippen LogP contribution in [0.25, 0.3) is 0 Å². The van der Waals surface area contributed by atoms with Gasteiger partial charge in [-0.25, -0.2) is 0 Å². The summed E-state index contributed by atoms with van der Waals surface area (Å²) in [5, 5.41) is 18.8. The predicted octanol–water partition coefficient (Wildman–Crippen LogP) is 1.72. The van der Waals surface area contributed by atoms with E-state index in [2.05, 4.69) is 0 Å². The molecule has 1 aliphatic carbocycles. The summed E-state index contributed by atoms with van der Waals surface area (Å²) in [7, 11) is 0. The Morgan fingerprint density at radius 1 is 1.35 bits per heavy atom. The lowest BCUT2D eigenvalue weighted by Gasteiger charge is -2.28. The van der Waals surface area contributed by atoms with Crippen molar-refractivity contribution in [2.24, 2.45) is 5.92 Å². The highest BCUT2D eigenvalue weighted by Gasteiger charge is 2.22. The summed E-state index contributed by atoms with van der Waals surface area (Å²) >= 11 is 0. The number of nitrogens with zero attached hydrogens (tertiary/aromatic N) is 1. The van der Waals surface area contributed by atoms with Crippen LogP contribution in [0.1, 0.15) is 46.0 Å². The van der Waals surface area contributed by atoms with Crippen molar-refractivity contribution >= 4 is 5.97 Å². The van der Waals surface area contributed by atoms with Gasteiger partial charge in [-0.05, 0) is 26.2 Å². The van der Waals surface area contributed by atoms with E-state index in [1.807, 2.05) is 18.7 Å². The summed E-state index contributed by atoms with van der Waals surface area (Å²) in [6, 6.07) is 0.157. The second-order valence-electron chi connectivity index (χ2n) is 5.46. The molecule has 4 nitrogen and oxygen atoms in total. The van der Waals surface area contributed by atoms with E-state index in [4.69, 9.17) is 5.11 Å². The molecule has 0 bridgehead atoms. The number of aliphatic hydroxyl groups excluding tert-OH is 1. The van der Waals surface area contributed by atoms with Gasteiger partial charge in [0.1, 0.15) is 0 Å². The highest BCUT2D eigenvalue weighted by Crippen LogP contribution is 2.28. The fraction of sp³-hybridized carbons (Fsp3) is 0.923. The van der Waals surface area contributed by atoms with E-state index >= 15 is 0 Å². The van der Waals surface area contributed by atoms with Gasteiger partial charge in [0, 0.05) is 12.6 Å². The molecule has 0 spiro atoms. The van der Waals surface area contributed by atoms with Crippen molar-refractivity contribution in [3.63, 3.8) is 0 Å². The monoisotopic (exact) mass is 243 g/mol. The quantitative estimate of drug-likeness (QED) is 0.715. The van der Waals surface area contributed by atoms with Gasteiger partial charge in [0.05, 0.1) is 12.6 Å². The zero-order chi connectivity index (χ0) is 12.8. The van der Waals surface area contributed by atoms with E-state index in [1.54, 1.807) is 0 Å². The van der Waals surface area contributed by atoms with E-state index in [-0.39, 0.29) is 18.7 Å². The second kappa shape index (κ2) is 6.97. The fourth-order valence-corrected chi connectivity index (χ4v) is 2.61. The van der Waals surface area contributed by atoms with Gasteiger partial charge in [-0.2, -0.15) is 0 Å². The minimum Gasteiger partial charge on any atom is -0.480 e. The van der Waals surface area contributed by atoms with Crippen molar-refractivity contribution in [2.45, 2.75) is 58.1 Å². The van der Waals surface area contributed by atoms with Crippen LogP contribution in [0.2, 0.25) is 0 Å². The lowest BCUT2D eigenvalue weighted by Crippen LogP contribution is -2.41. The van der Waals surface area contributed by atoms with Gasteiger partial charge in [0.2, 0.25) is 0 Å². The predicted molar refractivity (Wildman–Crippen MR) is 66.9 cm³/mol. The van der Waals surface area contributed by atoms with Crippen LogP contribution in [-0.4, -0.2) is 46.3 Å². The Morgan fingerprint density at radius 3 is 2.41 bits per heavy atom. The Hall–Kier alpha value is -0.610. The number of carboxylic acids is 1. The lowest BCUT2D eigenvalue weighted by molar-refractivity contribution is -0.139. The summed E-state index contributed by atoms with van der Waals surface area (Å²) in [6.07, 6.45) is 5.43. The molecule has 0 aromatic carbocycles. The largest absolute Gasteiger partial charge is 0.480 e. The third kappa shape index (κ3) is 5.50. The molecule has 0 aromatic rings. The van der Waals surface area contributed by atoms with Gasteiger partial charge < -0.3 is 10.2 Å². The molecular weight excluding hydrogens is 218 g/mol. The highest BCUT2D eigenvalue weighted by atomic mass is 16.4. The molecule has 1 fully saturated rings. The maximum Gasteiger partial charge on any atom is 0.317 e. The van der Waals surface area contributed by atoms with Crippen molar-refractivity contribution < 1.29 is 15.0 Å². The van der Waals surface area contributed by atoms with Gasteiger partial charge in [-0.3, -0.25) is 9.69 Å². The van der Waals surface area contributed by atoms with E-state index in [1.165, 1.54) is 25.7 Å². The zero-order valence-electron chi connectivity index (χ0n) is 10.9. The molecule has 0 aromatic heterocycles. The number of carboxylic acid groups (broad SMARTS) is 1. The maximum atomic E-state index is 10.7. The maximum absolute atomic E-state index is 10.7. The van der Waals surface area contributed by atoms with Crippen molar-refractivity contribution in [3.8, 4) is 0 Å². The average Bonchev–Trinajstić information content (AvgIpc) is 2.68. The van der Waals surface area contributed by atoms with Crippen LogP contribution >= 0.6 is 0 Å².